The first kappa shape index (κ1) is 20.6. The molecule has 3 aromatic carbocycles. The Balaban J connectivity index is 1.68. The second kappa shape index (κ2) is 10.4. The fraction of sp³-hybridized carbons (Fsp3) is 0.240. The number of nitrogens with one attached hydrogen (secondary N) is 1. The highest BCUT2D eigenvalue weighted by molar-refractivity contribution is 5.87. The van der Waals surface area contributed by atoms with Crippen LogP contribution >= 0.6 is 0 Å². The van der Waals surface area contributed by atoms with Crippen molar-refractivity contribution in [3.8, 4) is 5.75 Å². The highest BCUT2D eigenvalue weighted by Crippen LogP contribution is 2.25. The van der Waals surface area contributed by atoms with E-state index in [0.29, 0.717) is 13.2 Å². The summed E-state index contributed by atoms with van der Waals surface area (Å²) in [6.07, 6.45) is 0. The molecule has 4 nitrogen and oxygen atoms in total. The largest absolute Gasteiger partial charge is 0.492 e. The van der Waals surface area contributed by atoms with Gasteiger partial charge in [-0.25, -0.2) is 0 Å². The van der Waals surface area contributed by atoms with Crippen LogP contribution in [0.3, 0.4) is 0 Å². The monoisotopic (exact) mass is 388 g/mol. The number of carbonyl (C=O) groups excluding carboxylic acids is 1. The van der Waals surface area contributed by atoms with Crippen molar-refractivity contribution < 1.29 is 9.53 Å². The molecule has 0 saturated carbocycles. The van der Waals surface area contributed by atoms with Crippen LogP contribution in [0, 0.1) is 0 Å². The van der Waals surface area contributed by atoms with Crippen molar-refractivity contribution in [2.45, 2.75) is 12.5 Å². The lowest BCUT2D eigenvalue weighted by Gasteiger charge is -2.18. The van der Waals surface area contributed by atoms with Gasteiger partial charge >= 0.3 is 0 Å². The summed E-state index contributed by atoms with van der Waals surface area (Å²) in [5.74, 6) is 0.472. The maximum atomic E-state index is 13.1. The molecule has 0 unspecified atom stereocenters. The van der Waals surface area contributed by atoms with E-state index in [4.69, 9.17) is 4.74 Å². The van der Waals surface area contributed by atoms with Crippen molar-refractivity contribution in [3.05, 3.63) is 102 Å². The van der Waals surface area contributed by atoms with Crippen LogP contribution in [-0.4, -0.2) is 38.1 Å². The lowest BCUT2D eigenvalue weighted by Crippen LogP contribution is -2.29. The summed E-state index contributed by atoms with van der Waals surface area (Å²) in [5, 5.41) is 3.09. The van der Waals surface area contributed by atoms with Crippen LogP contribution < -0.4 is 10.1 Å². The summed E-state index contributed by atoms with van der Waals surface area (Å²) in [6.45, 7) is 1.95. The summed E-state index contributed by atoms with van der Waals surface area (Å²) < 4.78 is 5.80. The number of ether oxygens (including phenoxy) is 1. The Labute approximate surface area is 173 Å². The molecule has 0 aromatic heterocycles. The van der Waals surface area contributed by atoms with E-state index in [0.717, 1.165) is 29.0 Å². The molecule has 29 heavy (non-hydrogen) atoms. The summed E-state index contributed by atoms with van der Waals surface area (Å²) in [4.78, 5) is 15.2. The van der Waals surface area contributed by atoms with Gasteiger partial charge in [-0.15, -0.1) is 0 Å². The summed E-state index contributed by atoms with van der Waals surface area (Å²) in [7, 11) is 4.04. The second-order valence-electron chi connectivity index (χ2n) is 7.27. The van der Waals surface area contributed by atoms with Crippen molar-refractivity contribution in [2.24, 2.45) is 0 Å². The molecule has 1 N–H and O–H groups in total. The molecule has 0 saturated heterocycles. The van der Waals surface area contributed by atoms with Gasteiger partial charge in [-0.3, -0.25) is 4.79 Å². The Kier molecular flexibility index (Phi) is 7.42. The molecular formula is C25H28N2O2. The first-order chi connectivity index (χ1) is 14.1. The standard InChI is InChI=1S/C25H28N2O2/c1-27(2)16-17-29-23-15-9-10-20(18-23)19-26-25(28)24(21-11-5-3-6-12-21)22-13-7-4-8-14-22/h3-15,18,24H,16-17,19H2,1-2H3,(H,26,28). The third-order valence-corrected chi connectivity index (χ3v) is 4.70. The van der Waals surface area contributed by atoms with E-state index >= 15 is 0 Å². The zero-order valence-corrected chi connectivity index (χ0v) is 17.0. The van der Waals surface area contributed by atoms with Gasteiger partial charge in [0.2, 0.25) is 5.91 Å². The first-order valence-corrected chi connectivity index (χ1v) is 9.87. The molecule has 150 valence electrons. The number of amides is 1. The molecule has 3 rings (SSSR count). The molecule has 0 fully saturated rings. The molecule has 1 amide bonds. The van der Waals surface area contributed by atoms with Gasteiger partial charge in [0.15, 0.2) is 0 Å². The molecule has 0 heterocycles. The number of carbonyl (C=O) groups is 1. The van der Waals surface area contributed by atoms with Crippen LogP contribution in [0.25, 0.3) is 0 Å². The van der Waals surface area contributed by atoms with Crippen LogP contribution in [0.15, 0.2) is 84.9 Å². The van der Waals surface area contributed by atoms with Crippen molar-refractivity contribution >= 4 is 5.91 Å². The molecule has 0 atom stereocenters. The Morgan fingerprint density at radius 2 is 1.52 bits per heavy atom. The predicted octanol–water partition coefficient (Wildman–Crippen LogP) is 4.08. The van der Waals surface area contributed by atoms with Crippen LogP contribution in [0.2, 0.25) is 0 Å². The molecule has 4 heteroatoms. The highest BCUT2D eigenvalue weighted by Gasteiger charge is 2.22. The Morgan fingerprint density at radius 3 is 2.10 bits per heavy atom. The molecule has 0 aliphatic carbocycles. The average molecular weight is 389 g/mol. The number of nitrogens with zero attached hydrogens (tertiary/aromatic N) is 1. The molecule has 0 aliphatic heterocycles. The third kappa shape index (κ3) is 6.19. The number of likely N-dealkylation sites (N-methyl/N-ethyl adjacent to an activating group) is 1. The number of hydrogen-bond donors (Lipinski definition) is 1. The van der Waals surface area contributed by atoms with E-state index in [2.05, 4.69) is 10.2 Å². The third-order valence-electron chi connectivity index (χ3n) is 4.70. The molecule has 0 radical (unpaired) electrons. The highest BCUT2D eigenvalue weighted by atomic mass is 16.5. The van der Waals surface area contributed by atoms with Gasteiger partial charge in [0.05, 0.1) is 5.92 Å². The van der Waals surface area contributed by atoms with Crippen LogP contribution in [0.1, 0.15) is 22.6 Å². The van der Waals surface area contributed by atoms with E-state index in [9.17, 15) is 4.79 Å². The minimum Gasteiger partial charge on any atom is -0.492 e. The zero-order valence-electron chi connectivity index (χ0n) is 17.0. The van der Waals surface area contributed by atoms with Crippen LogP contribution in [-0.2, 0) is 11.3 Å². The van der Waals surface area contributed by atoms with E-state index in [-0.39, 0.29) is 11.8 Å². The molecular weight excluding hydrogens is 360 g/mol. The number of rotatable bonds is 9. The van der Waals surface area contributed by atoms with Crippen molar-refractivity contribution in [1.29, 1.82) is 0 Å². The van der Waals surface area contributed by atoms with Gasteiger partial charge in [-0.2, -0.15) is 0 Å². The Morgan fingerprint density at radius 1 is 0.897 bits per heavy atom. The lowest BCUT2D eigenvalue weighted by atomic mass is 9.90. The second-order valence-corrected chi connectivity index (χ2v) is 7.27. The molecule has 0 spiro atoms. The maximum Gasteiger partial charge on any atom is 0.232 e. The zero-order chi connectivity index (χ0) is 20.5. The Bertz CT molecular complexity index is 855. The fourth-order valence-electron chi connectivity index (χ4n) is 3.17. The minimum absolute atomic E-state index is 0.0127. The van der Waals surface area contributed by atoms with Crippen molar-refractivity contribution in [3.63, 3.8) is 0 Å². The number of hydrogen-bond acceptors (Lipinski definition) is 3. The van der Waals surface area contributed by atoms with E-state index in [1.165, 1.54) is 0 Å². The van der Waals surface area contributed by atoms with Crippen molar-refractivity contribution in [1.82, 2.24) is 10.2 Å². The first-order valence-electron chi connectivity index (χ1n) is 9.87. The number of benzene rings is 3. The average Bonchev–Trinajstić information content (AvgIpc) is 2.74. The van der Waals surface area contributed by atoms with Crippen molar-refractivity contribution in [2.75, 3.05) is 27.2 Å². The maximum absolute atomic E-state index is 13.1. The molecule has 0 aliphatic rings. The topological polar surface area (TPSA) is 41.6 Å². The van der Waals surface area contributed by atoms with Crippen LogP contribution in [0.5, 0.6) is 5.75 Å². The summed E-state index contributed by atoms with van der Waals surface area (Å²) >= 11 is 0. The quantitative estimate of drug-likeness (QED) is 0.601. The molecule has 0 bridgehead atoms. The fourth-order valence-corrected chi connectivity index (χ4v) is 3.17. The van der Waals surface area contributed by atoms with E-state index in [1.54, 1.807) is 0 Å². The van der Waals surface area contributed by atoms with Gasteiger partial charge in [0.25, 0.3) is 0 Å². The Hall–Kier alpha value is -3.11. The van der Waals surface area contributed by atoms with Gasteiger partial charge in [0.1, 0.15) is 12.4 Å². The molecule has 3 aromatic rings. The predicted molar refractivity (Wildman–Crippen MR) is 117 cm³/mol. The lowest BCUT2D eigenvalue weighted by molar-refractivity contribution is -0.121. The SMILES string of the molecule is CN(C)CCOc1cccc(CNC(=O)C(c2ccccc2)c2ccccc2)c1. The minimum atomic E-state index is -0.336. The van der Waals surface area contributed by atoms with E-state index < -0.39 is 0 Å². The summed E-state index contributed by atoms with van der Waals surface area (Å²) in [6, 6.07) is 27.7. The van der Waals surface area contributed by atoms with Crippen LogP contribution in [0.4, 0.5) is 0 Å². The van der Waals surface area contributed by atoms with Gasteiger partial charge in [-0.1, -0.05) is 72.8 Å². The van der Waals surface area contributed by atoms with Gasteiger partial charge in [-0.05, 0) is 42.9 Å². The normalized spacial score (nSPS) is 10.9. The van der Waals surface area contributed by atoms with Gasteiger partial charge < -0.3 is 15.0 Å². The van der Waals surface area contributed by atoms with Gasteiger partial charge in [0, 0.05) is 13.1 Å². The summed E-state index contributed by atoms with van der Waals surface area (Å²) in [5.41, 5.74) is 2.98. The van der Waals surface area contributed by atoms with E-state index in [1.807, 2.05) is 99.0 Å². The smallest absolute Gasteiger partial charge is 0.232 e.